The van der Waals surface area contributed by atoms with E-state index < -0.39 is 0 Å². The lowest BCUT2D eigenvalue weighted by atomic mass is 10.0. The number of fused-ring (bicyclic) bond motifs is 1. The Morgan fingerprint density at radius 3 is 2.69 bits per heavy atom. The highest BCUT2D eigenvalue weighted by Crippen LogP contribution is 2.27. The molecule has 3 heterocycles. The third-order valence-electron chi connectivity index (χ3n) is 5.88. The summed E-state index contributed by atoms with van der Waals surface area (Å²) in [5, 5.41) is 2.93. The third kappa shape index (κ3) is 4.03. The van der Waals surface area contributed by atoms with Crippen LogP contribution in [0.4, 0.5) is 10.5 Å². The zero-order chi connectivity index (χ0) is 18.1. The first-order chi connectivity index (χ1) is 12.6. The largest absolute Gasteiger partial charge is 0.373 e. The maximum Gasteiger partial charge on any atom is 0.321 e. The van der Waals surface area contributed by atoms with Gasteiger partial charge in [-0.15, -0.1) is 0 Å². The summed E-state index contributed by atoms with van der Waals surface area (Å²) in [5.41, 5.74) is 3.44. The van der Waals surface area contributed by atoms with E-state index in [0.717, 1.165) is 51.3 Å². The molecule has 1 aromatic carbocycles. The first-order valence-corrected chi connectivity index (χ1v) is 9.77. The molecule has 2 saturated heterocycles. The summed E-state index contributed by atoms with van der Waals surface area (Å²) in [7, 11) is 4.02. The highest BCUT2D eigenvalue weighted by Gasteiger charge is 2.28. The number of hydrogen-bond acceptors (Lipinski definition) is 4. The third-order valence-corrected chi connectivity index (χ3v) is 5.88. The van der Waals surface area contributed by atoms with E-state index in [2.05, 4.69) is 34.3 Å². The van der Waals surface area contributed by atoms with Gasteiger partial charge in [-0.05, 0) is 43.5 Å². The van der Waals surface area contributed by atoms with Gasteiger partial charge in [-0.2, -0.15) is 0 Å². The van der Waals surface area contributed by atoms with E-state index in [9.17, 15) is 4.79 Å². The lowest BCUT2D eigenvalue weighted by Gasteiger charge is -2.33. The van der Waals surface area contributed by atoms with Crippen molar-refractivity contribution < 1.29 is 9.53 Å². The normalized spacial score (nSPS) is 27.5. The number of amides is 2. The smallest absolute Gasteiger partial charge is 0.321 e. The van der Waals surface area contributed by atoms with Gasteiger partial charge in [0.05, 0.1) is 12.2 Å². The van der Waals surface area contributed by atoms with Crippen molar-refractivity contribution in [1.29, 1.82) is 0 Å². The van der Waals surface area contributed by atoms with Crippen LogP contribution in [-0.2, 0) is 17.7 Å². The first kappa shape index (κ1) is 17.8. The van der Waals surface area contributed by atoms with Gasteiger partial charge >= 0.3 is 6.03 Å². The molecule has 4 rings (SSSR count). The molecule has 2 fully saturated rings. The predicted molar refractivity (Wildman–Crippen MR) is 102 cm³/mol. The molecule has 1 aromatic rings. The minimum absolute atomic E-state index is 0.0314. The molecule has 2 amide bonds. The van der Waals surface area contributed by atoms with E-state index in [1.54, 1.807) is 4.90 Å². The molecule has 142 valence electrons. The Balaban J connectivity index is 1.30. The van der Waals surface area contributed by atoms with Crippen LogP contribution >= 0.6 is 0 Å². The molecule has 6 heteroatoms. The van der Waals surface area contributed by atoms with E-state index in [1.807, 2.05) is 13.1 Å². The number of nitrogens with one attached hydrogen (secondary N) is 1. The standard InChI is InChI=1S/C20H30N4O2/c1-22-7-9-24(10-8-22)14-18-5-4-17(26-18)12-15-3-6-19-16(11-15)13-23(2)20(25)21-19/h3,6,11,17-18H,4-5,7-10,12-14H2,1-2H3,(H,21,25)/t17-,18+/m0/s1. The quantitative estimate of drug-likeness (QED) is 0.894. The monoisotopic (exact) mass is 358 g/mol. The van der Waals surface area contributed by atoms with Crippen LogP contribution < -0.4 is 5.32 Å². The van der Waals surface area contributed by atoms with Crippen LogP contribution in [0, 0.1) is 0 Å². The average Bonchev–Trinajstić information content (AvgIpc) is 3.05. The van der Waals surface area contributed by atoms with Gasteiger partial charge in [0.1, 0.15) is 0 Å². The van der Waals surface area contributed by atoms with E-state index in [1.165, 1.54) is 17.5 Å². The van der Waals surface area contributed by atoms with Crippen molar-refractivity contribution in [3.8, 4) is 0 Å². The van der Waals surface area contributed by atoms with Crippen molar-refractivity contribution >= 4 is 11.7 Å². The number of hydrogen-bond donors (Lipinski definition) is 1. The first-order valence-electron chi connectivity index (χ1n) is 9.77. The SMILES string of the molecule is CN1CCN(C[C@H]2CC[C@@H](Cc3ccc4c(c3)CN(C)C(=O)N4)O2)CC1. The summed E-state index contributed by atoms with van der Waals surface area (Å²) < 4.78 is 6.34. The van der Waals surface area contributed by atoms with Crippen LogP contribution in [0.3, 0.4) is 0 Å². The number of benzene rings is 1. The Morgan fingerprint density at radius 2 is 1.88 bits per heavy atom. The van der Waals surface area contributed by atoms with E-state index >= 15 is 0 Å². The maximum atomic E-state index is 11.7. The molecule has 6 nitrogen and oxygen atoms in total. The van der Waals surface area contributed by atoms with Crippen LogP contribution in [-0.4, -0.2) is 79.8 Å². The number of rotatable bonds is 4. The fraction of sp³-hybridized carbons (Fsp3) is 0.650. The number of anilines is 1. The molecule has 3 aliphatic heterocycles. The maximum absolute atomic E-state index is 11.7. The van der Waals surface area contributed by atoms with Gasteiger partial charge in [-0.3, -0.25) is 4.90 Å². The van der Waals surface area contributed by atoms with E-state index in [-0.39, 0.29) is 6.03 Å². The molecule has 0 spiro atoms. The Hall–Kier alpha value is -1.63. The van der Waals surface area contributed by atoms with Crippen LogP contribution in [0.15, 0.2) is 18.2 Å². The van der Waals surface area contributed by atoms with Crippen LogP contribution in [0.1, 0.15) is 24.0 Å². The number of nitrogens with zero attached hydrogens (tertiary/aromatic N) is 3. The predicted octanol–water partition coefficient (Wildman–Crippen LogP) is 2.00. The summed E-state index contributed by atoms with van der Waals surface area (Å²) in [4.78, 5) is 18.4. The zero-order valence-electron chi connectivity index (χ0n) is 15.9. The zero-order valence-corrected chi connectivity index (χ0v) is 15.9. The van der Waals surface area contributed by atoms with Gasteiger partial charge in [0.15, 0.2) is 0 Å². The topological polar surface area (TPSA) is 48.0 Å². The van der Waals surface area contributed by atoms with Crippen molar-refractivity contribution in [2.75, 3.05) is 52.1 Å². The fourth-order valence-electron chi connectivity index (χ4n) is 4.21. The Bertz CT molecular complexity index is 657. The molecular formula is C20H30N4O2. The second-order valence-electron chi connectivity index (χ2n) is 8.04. The van der Waals surface area contributed by atoms with Gasteiger partial charge in [0.25, 0.3) is 0 Å². The molecule has 0 unspecified atom stereocenters. The lowest BCUT2D eigenvalue weighted by Crippen LogP contribution is -2.47. The highest BCUT2D eigenvalue weighted by atomic mass is 16.5. The van der Waals surface area contributed by atoms with E-state index in [0.29, 0.717) is 18.8 Å². The Morgan fingerprint density at radius 1 is 1.12 bits per heavy atom. The van der Waals surface area contributed by atoms with Crippen molar-refractivity contribution in [2.24, 2.45) is 0 Å². The summed E-state index contributed by atoms with van der Waals surface area (Å²) in [6.07, 6.45) is 3.98. The molecule has 0 saturated carbocycles. The molecule has 3 aliphatic rings. The summed E-state index contributed by atoms with van der Waals surface area (Å²) in [5.74, 6) is 0. The number of carbonyl (C=O) groups is 1. The van der Waals surface area contributed by atoms with Gasteiger partial charge in [-0.25, -0.2) is 4.79 Å². The second kappa shape index (κ2) is 7.55. The molecular weight excluding hydrogens is 328 g/mol. The summed E-state index contributed by atoms with van der Waals surface area (Å²) in [6.45, 7) is 6.39. The molecule has 1 N–H and O–H groups in total. The average molecular weight is 358 g/mol. The number of urea groups is 1. The Kier molecular flexibility index (Phi) is 5.16. The van der Waals surface area contributed by atoms with Crippen LogP contribution in [0.5, 0.6) is 0 Å². The van der Waals surface area contributed by atoms with Crippen molar-refractivity contribution in [1.82, 2.24) is 14.7 Å². The van der Waals surface area contributed by atoms with Crippen molar-refractivity contribution in [3.05, 3.63) is 29.3 Å². The number of piperazine rings is 1. The van der Waals surface area contributed by atoms with Crippen molar-refractivity contribution in [3.63, 3.8) is 0 Å². The molecule has 0 aliphatic carbocycles. The molecule has 0 radical (unpaired) electrons. The molecule has 2 atom stereocenters. The van der Waals surface area contributed by atoms with E-state index in [4.69, 9.17) is 4.74 Å². The fourth-order valence-corrected chi connectivity index (χ4v) is 4.21. The van der Waals surface area contributed by atoms with Gasteiger partial charge < -0.3 is 19.9 Å². The summed E-state index contributed by atoms with van der Waals surface area (Å²) in [6, 6.07) is 6.35. The van der Waals surface area contributed by atoms with Crippen LogP contribution in [0.2, 0.25) is 0 Å². The molecule has 26 heavy (non-hydrogen) atoms. The van der Waals surface area contributed by atoms with Gasteiger partial charge in [0, 0.05) is 52.0 Å². The Labute approximate surface area is 156 Å². The second-order valence-corrected chi connectivity index (χ2v) is 8.04. The van der Waals surface area contributed by atoms with Gasteiger partial charge in [0.2, 0.25) is 0 Å². The molecule has 0 aromatic heterocycles. The van der Waals surface area contributed by atoms with Gasteiger partial charge in [-0.1, -0.05) is 12.1 Å². The minimum atomic E-state index is -0.0314. The highest BCUT2D eigenvalue weighted by molar-refractivity contribution is 5.92. The van der Waals surface area contributed by atoms with Crippen LogP contribution in [0.25, 0.3) is 0 Å². The number of carbonyl (C=O) groups excluding carboxylic acids is 1. The molecule has 0 bridgehead atoms. The lowest BCUT2D eigenvalue weighted by molar-refractivity contribution is 0.0146. The number of likely N-dealkylation sites (N-methyl/N-ethyl adjacent to an activating group) is 1. The summed E-state index contributed by atoms with van der Waals surface area (Å²) >= 11 is 0. The van der Waals surface area contributed by atoms with Crippen molar-refractivity contribution in [2.45, 2.75) is 38.0 Å². The minimum Gasteiger partial charge on any atom is -0.373 e. The number of ether oxygens (including phenoxy) is 1.